The van der Waals surface area contributed by atoms with Crippen LogP contribution in [-0.4, -0.2) is 18.6 Å². The van der Waals surface area contributed by atoms with Crippen molar-refractivity contribution in [2.75, 3.05) is 12.5 Å². The van der Waals surface area contributed by atoms with Crippen molar-refractivity contribution in [1.29, 1.82) is 0 Å². The minimum absolute atomic E-state index is 0.281. The van der Waals surface area contributed by atoms with Gasteiger partial charge in [-0.1, -0.05) is 6.07 Å². The zero-order valence-electron chi connectivity index (χ0n) is 10.0. The first kappa shape index (κ1) is 12.7. The van der Waals surface area contributed by atoms with E-state index in [2.05, 4.69) is 35.7 Å². The predicted molar refractivity (Wildman–Crippen MR) is 73.7 cm³/mol. The molecule has 0 heterocycles. The topological polar surface area (TPSA) is 29.4 Å². The first-order chi connectivity index (χ1) is 8.25. The molecular formula is C13H15NOS2. The number of benzene rings is 1. The number of aliphatic imine (C=N–C) groups is 1. The molecule has 0 N–H and O–H groups in total. The van der Waals surface area contributed by atoms with E-state index in [0.717, 1.165) is 19.3 Å². The van der Waals surface area contributed by atoms with Crippen LogP contribution in [0.4, 0.5) is 0 Å². The summed E-state index contributed by atoms with van der Waals surface area (Å²) in [5.41, 5.74) is 0.911. The lowest BCUT2D eigenvalue weighted by molar-refractivity contribution is 0.251. The monoisotopic (exact) mass is 265 g/mol. The minimum atomic E-state index is -0.281. The van der Waals surface area contributed by atoms with Crippen molar-refractivity contribution < 1.29 is 4.79 Å². The molecule has 0 radical (unpaired) electrons. The predicted octanol–water partition coefficient (Wildman–Crippen LogP) is 3.85. The van der Waals surface area contributed by atoms with E-state index in [0.29, 0.717) is 0 Å². The fourth-order valence-electron chi connectivity index (χ4n) is 2.22. The van der Waals surface area contributed by atoms with Gasteiger partial charge in [0.15, 0.2) is 0 Å². The van der Waals surface area contributed by atoms with Crippen molar-refractivity contribution >= 4 is 29.6 Å². The Kier molecular flexibility index (Phi) is 3.97. The fraction of sp³-hybridized carbons (Fsp3) is 0.462. The molecule has 0 amide bonds. The molecular weight excluding hydrogens is 250 g/mol. The lowest BCUT2D eigenvalue weighted by atomic mass is 9.72. The highest BCUT2D eigenvalue weighted by Gasteiger charge is 2.40. The molecule has 90 valence electrons. The SMILES string of the molecule is CSc1ccc(C2(N=C=O)CCC2)c(SC)c1. The summed E-state index contributed by atoms with van der Waals surface area (Å²) in [6.45, 7) is 0. The van der Waals surface area contributed by atoms with Gasteiger partial charge in [0.25, 0.3) is 0 Å². The average molecular weight is 265 g/mol. The maximum atomic E-state index is 10.6. The molecule has 1 saturated carbocycles. The molecule has 0 unspecified atom stereocenters. The van der Waals surface area contributed by atoms with Crippen LogP contribution >= 0.6 is 23.5 Å². The Morgan fingerprint density at radius 2 is 2.06 bits per heavy atom. The van der Waals surface area contributed by atoms with Crippen LogP contribution in [0, 0.1) is 0 Å². The lowest BCUT2D eigenvalue weighted by Gasteiger charge is -2.38. The van der Waals surface area contributed by atoms with E-state index in [-0.39, 0.29) is 5.54 Å². The molecule has 1 aliphatic carbocycles. The van der Waals surface area contributed by atoms with E-state index in [4.69, 9.17) is 0 Å². The zero-order valence-corrected chi connectivity index (χ0v) is 11.7. The van der Waals surface area contributed by atoms with Gasteiger partial charge in [0.1, 0.15) is 0 Å². The van der Waals surface area contributed by atoms with E-state index in [1.165, 1.54) is 15.4 Å². The van der Waals surface area contributed by atoms with Gasteiger partial charge in [-0.25, -0.2) is 4.79 Å². The molecule has 1 aromatic rings. The number of rotatable bonds is 4. The first-order valence-corrected chi connectivity index (χ1v) is 8.02. The Labute approximate surface area is 110 Å². The second-order valence-corrected chi connectivity index (χ2v) is 5.88. The summed E-state index contributed by atoms with van der Waals surface area (Å²) in [6.07, 6.45) is 8.97. The Morgan fingerprint density at radius 3 is 2.53 bits per heavy atom. The Balaban J connectivity index is 2.47. The molecule has 0 atom stereocenters. The highest BCUT2D eigenvalue weighted by molar-refractivity contribution is 7.99. The van der Waals surface area contributed by atoms with Crippen molar-refractivity contribution in [3.63, 3.8) is 0 Å². The van der Waals surface area contributed by atoms with Gasteiger partial charge in [0.2, 0.25) is 6.08 Å². The summed E-state index contributed by atoms with van der Waals surface area (Å²) >= 11 is 3.46. The molecule has 0 saturated heterocycles. The number of carbonyl (C=O) groups excluding carboxylic acids is 1. The number of isocyanates is 1. The Morgan fingerprint density at radius 1 is 1.29 bits per heavy atom. The van der Waals surface area contributed by atoms with Crippen LogP contribution in [0.1, 0.15) is 24.8 Å². The molecule has 2 nitrogen and oxygen atoms in total. The van der Waals surface area contributed by atoms with Crippen molar-refractivity contribution in [1.82, 2.24) is 0 Å². The summed E-state index contributed by atoms with van der Waals surface area (Å²) in [5.74, 6) is 0. The van der Waals surface area contributed by atoms with Crippen LogP contribution < -0.4 is 0 Å². The summed E-state index contributed by atoms with van der Waals surface area (Å²) in [5, 5.41) is 0. The largest absolute Gasteiger partial charge is 0.235 e. The lowest BCUT2D eigenvalue weighted by Crippen LogP contribution is -2.32. The highest BCUT2D eigenvalue weighted by atomic mass is 32.2. The van der Waals surface area contributed by atoms with Gasteiger partial charge in [0, 0.05) is 9.79 Å². The van der Waals surface area contributed by atoms with Gasteiger partial charge < -0.3 is 0 Å². The molecule has 1 aromatic carbocycles. The van der Waals surface area contributed by atoms with Gasteiger partial charge in [0.05, 0.1) is 5.54 Å². The highest BCUT2D eigenvalue weighted by Crippen LogP contribution is 2.48. The van der Waals surface area contributed by atoms with E-state index in [1.54, 1.807) is 29.6 Å². The number of nitrogens with zero attached hydrogens (tertiary/aromatic N) is 1. The molecule has 1 fully saturated rings. The van der Waals surface area contributed by atoms with Gasteiger partial charge in [-0.2, -0.15) is 4.99 Å². The van der Waals surface area contributed by atoms with E-state index < -0.39 is 0 Å². The van der Waals surface area contributed by atoms with Gasteiger partial charge in [-0.05, 0) is 49.5 Å². The first-order valence-electron chi connectivity index (χ1n) is 5.57. The third-order valence-electron chi connectivity index (χ3n) is 3.35. The van der Waals surface area contributed by atoms with Crippen LogP contribution in [0.25, 0.3) is 0 Å². The molecule has 1 aliphatic rings. The normalized spacial score (nSPS) is 17.1. The molecule has 0 spiro atoms. The number of thioether (sulfide) groups is 2. The molecule has 4 heteroatoms. The van der Waals surface area contributed by atoms with Crippen LogP contribution in [0.5, 0.6) is 0 Å². The third-order valence-corrected chi connectivity index (χ3v) is 4.85. The zero-order chi connectivity index (χ0) is 12.3. The minimum Gasteiger partial charge on any atom is -0.211 e. The van der Waals surface area contributed by atoms with Gasteiger partial charge >= 0.3 is 0 Å². The van der Waals surface area contributed by atoms with Crippen molar-refractivity contribution in [2.45, 2.75) is 34.6 Å². The Hall–Kier alpha value is -0.700. The standard InChI is InChI=1S/C13H15NOS2/c1-16-10-4-5-11(12(8-10)17-2)13(14-9-15)6-3-7-13/h4-5,8H,3,6-7H2,1-2H3. The molecule has 17 heavy (non-hydrogen) atoms. The summed E-state index contributed by atoms with van der Waals surface area (Å²) in [6, 6.07) is 6.42. The van der Waals surface area contributed by atoms with E-state index >= 15 is 0 Å². The van der Waals surface area contributed by atoms with Crippen LogP contribution in [0.2, 0.25) is 0 Å². The molecule has 2 rings (SSSR count). The fourth-order valence-corrected chi connectivity index (χ4v) is 3.46. The van der Waals surface area contributed by atoms with Crippen LogP contribution in [-0.2, 0) is 10.3 Å². The van der Waals surface area contributed by atoms with Crippen LogP contribution in [0.15, 0.2) is 33.0 Å². The van der Waals surface area contributed by atoms with Gasteiger partial charge in [-0.15, -0.1) is 23.5 Å². The van der Waals surface area contributed by atoms with Gasteiger partial charge in [-0.3, -0.25) is 0 Å². The quantitative estimate of drug-likeness (QED) is 0.470. The van der Waals surface area contributed by atoms with Crippen molar-refractivity contribution in [3.8, 4) is 0 Å². The summed E-state index contributed by atoms with van der Waals surface area (Å²) in [4.78, 5) is 17.2. The third kappa shape index (κ3) is 2.30. The van der Waals surface area contributed by atoms with E-state index in [9.17, 15) is 4.79 Å². The van der Waals surface area contributed by atoms with Crippen molar-refractivity contribution in [2.24, 2.45) is 4.99 Å². The average Bonchev–Trinajstić information content (AvgIpc) is 2.33. The number of hydrogen-bond acceptors (Lipinski definition) is 4. The van der Waals surface area contributed by atoms with Crippen molar-refractivity contribution in [3.05, 3.63) is 23.8 Å². The second kappa shape index (κ2) is 5.30. The molecule has 0 aliphatic heterocycles. The second-order valence-electron chi connectivity index (χ2n) is 4.15. The maximum Gasteiger partial charge on any atom is 0.235 e. The summed E-state index contributed by atoms with van der Waals surface area (Å²) < 4.78 is 0. The summed E-state index contributed by atoms with van der Waals surface area (Å²) in [7, 11) is 0. The maximum absolute atomic E-state index is 10.6. The number of hydrogen-bond donors (Lipinski definition) is 0. The molecule has 0 bridgehead atoms. The smallest absolute Gasteiger partial charge is 0.211 e. The van der Waals surface area contributed by atoms with Crippen LogP contribution in [0.3, 0.4) is 0 Å². The molecule has 0 aromatic heterocycles. The Bertz CT molecular complexity index is 462. The van der Waals surface area contributed by atoms with E-state index in [1.807, 2.05) is 0 Å².